The maximum atomic E-state index is 11.0. The second-order valence-corrected chi connectivity index (χ2v) is 5.84. The van der Waals surface area contributed by atoms with Crippen molar-refractivity contribution in [2.24, 2.45) is 0 Å². The summed E-state index contributed by atoms with van der Waals surface area (Å²) in [6, 6.07) is 0. The summed E-state index contributed by atoms with van der Waals surface area (Å²) < 4.78 is 43.0. The predicted molar refractivity (Wildman–Crippen MR) is 49.2 cm³/mol. The highest BCUT2D eigenvalue weighted by Crippen LogP contribution is 2.23. The first-order valence-corrected chi connectivity index (χ1v) is 6.57. The van der Waals surface area contributed by atoms with Crippen molar-refractivity contribution in [1.82, 2.24) is 0 Å². The van der Waals surface area contributed by atoms with Gasteiger partial charge in [-0.25, -0.2) is 8.42 Å². The first kappa shape index (κ1) is 10.6. The Balaban J connectivity index is 2.95. The Bertz CT molecular complexity index is 389. The quantitative estimate of drug-likeness (QED) is 0.635. The third kappa shape index (κ3) is 2.75. The van der Waals surface area contributed by atoms with Crippen molar-refractivity contribution in [2.75, 3.05) is 6.26 Å². The van der Waals surface area contributed by atoms with E-state index < -0.39 is 20.9 Å². The molecule has 1 rings (SSSR count). The molecule has 0 saturated carbocycles. The number of allylic oxidation sites excluding steroid dienone is 4. The summed E-state index contributed by atoms with van der Waals surface area (Å²) in [5.41, 5.74) is 0. The van der Waals surface area contributed by atoms with Crippen LogP contribution in [0.3, 0.4) is 0 Å². The average molecular weight is 221 g/mol. The maximum absolute atomic E-state index is 11.0. The first-order valence-electron chi connectivity index (χ1n) is 3.60. The van der Waals surface area contributed by atoms with E-state index in [4.69, 9.17) is 0 Å². The molecule has 1 atom stereocenters. The van der Waals surface area contributed by atoms with Crippen LogP contribution in [0.2, 0.25) is 0 Å². The average Bonchev–Trinajstić information content (AvgIpc) is 2.03. The van der Waals surface area contributed by atoms with Crippen LogP contribution in [0.25, 0.3) is 0 Å². The van der Waals surface area contributed by atoms with Crippen molar-refractivity contribution < 1.29 is 17.2 Å². The lowest BCUT2D eigenvalue weighted by molar-refractivity contribution is 0.541. The van der Waals surface area contributed by atoms with Crippen molar-refractivity contribution in [3.8, 4) is 0 Å². The summed E-state index contributed by atoms with van der Waals surface area (Å²) in [6.45, 7) is 0. The lowest BCUT2D eigenvalue weighted by Crippen LogP contribution is -2.06. The second-order valence-electron chi connectivity index (χ2n) is 2.77. The van der Waals surface area contributed by atoms with Crippen LogP contribution in [0, 0.1) is 0 Å². The molecule has 74 valence electrons. The third-order valence-corrected chi connectivity index (χ3v) is 3.82. The molecule has 0 spiro atoms. The monoisotopic (exact) mass is 221 g/mol. The van der Waals surface area contributed by atoms with Gasteiger partial charge in [-0.05, 0) is 30.0 Å². The molecule has 0 amide bonds. The van der Waals surface area contributed by atoms with Crippen LogP contribution in [0.15, 0.2) is 22.0 Å². The van der Waals surface area contributed by atoms with Crippen LogP contribution in [-0.2, 0) is 20.9 Å². The zero-order chi connectivity index (χ0) is 10.1. The van der Waals surface area contributed by atoms with Gasteiger partial charge in [-0.2, -0.15) is 0 Å². The SMILES string of the molecule is CS(=O)(=O)C1=CC=C(S(=O)[O-])CC1. The molecule has 0 aromatic heterocycles. The van der Waals surface area contributed by atoms with Crippen LogP contribution in [0.1, 0.15) is 12.8 Å². The summed E-state index contributed by atoms with van der Waals surface area (Å²) in [5, 5.41) is 0. The zero-order valence-corrected chi connectivity index (χ0v) is 8.65. The predicted octanol–water partition coefficient (Wildman–Crippen LogP) is 0.472. The molecule has 6 heteroatoms. The molecule has 0 aliphatic heterocycles. The van der Waals surface area contributed by atoms with Gasteiger partial charge in [0.2, 0.25) is 0 Å². The number of hydrogen-bond acceptors (Lipinski definition) is 4. The van der Waals surface area contributed by atoms with E-state index in [-0.39, 0.29) is 17.7 Å². The van der Waals surface area contributed by atoms with Gasteiger partial charge in [0.25, 0.3) is 0 Å². The highest BCUT2D eigenvalue weighted by molar-refractivity contribution is 7.94. The molecule has 0 bridgehead atoms. The molecule has 0 aromatic rings. The first-order chi connectivity index (χ1) is 5.91. The van der Waals surface area contributed by atoms with Gasteiger partial charge in [0.05, 0.1) is 0 Å². The maximum Gasteiger partial charge on any atom is 0.171 e. The van der Waals surface area contributed by atoms with E-state index in [2.05, 4.69) is 0 Å². The van der Waals surface area contributed by atoms with Crippen LogP contribution in [0.4, 0.5) is 0 Å². The molecule has 1 aliphatic rings. The Morgan fingerprint density at radius 3 is 2.31 bits per heavy atom. The lowest BCUT2D eigenvalue weighted by atomic mass is 10.2. The van der Waals surface area contributed by atoms with E-state index in [9.17, 15) is 17.2 Å². The summed E-state index contributed by atoms with van der Waals surface area (Å²) in [6.07, 6.45) is 4.35. The Morgan fingerprint density at radius 1 is 1.38 bits per heavy atom. The molecular weight excluding hydrogens is 212 g/mol. The largest absolute Gasteiger partial charge is 0.769 e. The standard InChI is InChI=1S/C7H10O4S2/c1-13(10,11)7-4-2-6(3-5-7)12(8)9/h2,4H,3,5H2,1H3,(H,8,9)/p-1. The highest BCUT2D eigenvalue weighted by Gasteiger charge is 2.14. The van der Waals surface area contributed by atoms with E-state index in [1.54, 1.807) is 0 Å². The Morgan fingerprint density at radius 2 is 2.00 bits per heavy atom. The molecule has 0 N–H and O–H groups in total. The smallest absolute Gasteiger partial charge is 0.171 e. The highest BCUT2D eigenvalue weighted by atomic mass is 32.2. The number of sulfone groups is 1. The van der Waals surface area contributed by atoms with E-state index in [0.29, 0.717) is 4.91 Å². The normalized spacial score (nSPS) is 20.5. The van der Waals surface area contributed by atoms with Crippen molar-refractivity contribution in [3.63, 3.8) is 0 Å². The minimum atomic E-state index is -3.16. The second kappa shape index (κ2) is 3.73. The van der Waals surface area contributed by atoms with Crippen molar-refractivity contribution >= 4 is 20.9 Å². The summed E-state index contributed by atoms with van der Waals surface area (Å²) in [7, 11) is -3.16. The van der Waals surface area contributed by atoms with Crippen molar-refractivity contribution in [2.45, 2.75) is 12.8 Å². The number of rotatable bonds is 2. The summed E-state index contributed by atoms with van der Waals surface area (Å²) in [4.78, 5) is 0.550. The minimum Gasteiger partial charge on any atom is -0.769 e. The Kier molecular flexibility index (Phi) is 3.05. The molecule has 0 radical (unpaired) electrons. The molecule has 4 nitrogen and oxygen atoms in total. The zero-order valence-electron chi connectivity index (χ0n) is 7.02. The lowest BCUT2D eigenvalue weighted by Gasteiger charge is -2.14. The van der Waals surface area contributed by atoms with Crippen LogP contribution >= 0.6 is 0 Å². The fourth-order valence-electron chi connectivity index (χ4n) is 1.05. The van der Waals surface area contributed by atoms with Gasteiger partial charge >= 0.3 is 0 Å². The molecular formula is C7H9O4S2-. The molecule has 1 aliphatic carbocycles. The van der Waals surface area contributed by atoms with E-state index in [0.717, 1.165) is 6.26 Å². The molecule has 1 unspecified atom stereocenters. The molecule has 0 fully saturated rings. The Hall–Kier alpha value is -0.460. The van der Waals surface area contributed by atoms with Gasteiger partial charge in [0.1, 0.15) is 0 Å². The van der Waals surface area contributed by atoms with Crippen molar-refractivity contribution in [3.05, 3.63) is 22.0 Å². The fourth-order valence-corrected chi connectivity index (χ4v) is 2.28. The Labute approximate surface area is 79.5 Å². The molecule has 0 aromatic carbocycles. The minimum absolute atomic E-state index is 0.257. The van der Waals surface area contributed by atoms with Crippen LogP contribution < -0.4 is 0 Å². The molecule has 0 heterocycles. The van der Waals surface area contributed by atoms with Crippen LogP contribution in [-0.4, -0.2) is 23.4 Å². The topological polar surface area (TPSA) is 74.3 Å². The van der Waals surface area contributed by atoms with Crippen LogP contribution in [0.5, 0.6) is 0 Å². The van der Waals surface area contributed by atoms with Gasteiger partial charge in [-0.15, -0.1) is 0 Å². The summed E-state index contributed by atoms with van der Waals surface area (Å²) in [5.74, 6) is 0. The van der Waals surface area contributed by atoms with Crippen molar-refractivity contribution in [1.29, 1.82) is 0 Å². The van der Waals surface area contributed by atoms with Gasteiger partial charge in [-0.3, -0.25) is 4.21 Å². The van der Waals surface area contributed by atoms with Gasteiger partial charge in [0.15, 0.2) is 9.84 Å². The molecule has 13 heavy (non-hydrogen) atoms. The van der Waals surface area contributed by atoms with Gasteiger partial charge in [-0.1, -0.05) is 6.08 Å². The van der Waals surface area contributed by atoms with Gasteiger partial charge < -0.3 is 4.55 Å². The van der Waals surface area contributed by atoms with E-state index in [1.807, 2.05) is 0 Å². The number of hydrogen-bond donors (Lipinski definition) is 0. The van der Waals surface area contributed by atoms with Gasteiger partial charge in [0, 0.05) is 16.1 Å². The fraction of sp³-hybridized carbons (Fsp3) is 0.429. The van der Waals surface area contributed by atoms with E-state index >= 15 is 0 Å². The third-order valence-electron chi connectivity index (χ3n) is 1.76. The molecule has 0 saturated heterocycles. The summed E-state index contributed by atoms with van der Waals surface area (Å²) >= 11 is -2.22. The van der Waals surface area contributed by atoms with E-state index in [1.165, 1.54) is 12.2 Å².